The van der Waals surface area contributed by atoms with Crippen LogP contribution in [0.3, 0.4) is 0 Å². The summed E-state index contributed by atoms with van der Waals surface area (Å²) in [4.78, 5) is 12.0. The average molecular weight is 275 g/mol. The molecule has 0 bridgehead atoms. The van der Waals surface area contributed by atoms with E-state index in [9.17, 15) is 18.0 Å². The molecule has 106 valence electrons. The second-order valence-electron chi connectivity index (χ2n) is 4.18. The molecule has 0 aliphatic carbocycles. The third kappa shape index (κ3) is 4.15. The number of halogens is 3. The normalized spacial score (nSPS) is 10.5. The van der Waals surface area contributed by atoms with E-state index in [0.717, 1.165) is 18.6 Å². The second-order valence-corrected chi connectivity index (χ2v) is 4.18. The van der Waals surface area contributed by atoms with Crippen molar-refractivity contribution in [2.75, 3.05) is 18.0 Å². The number of nitrogens with zero attached hydrogens (tertiary/aromatic N) is 1. The van der Waals surface area contributed by atoms with Gasteiger partial charge in [-0.3, -0.25) is 4.79 Å². The lowest BCUT2D eigenvalue weighted by Crippen LogP contribution is -2.28. The molecule has 1 N–H and O–H groups in total. The van der Waals surface area contributed by atoms with Crippen molar-refractivity contribution in [3.05, 3.63) is 29.6 Å². The van der Waals surface area contributed by atoms with E-state index in [0.29, 0.717) is 13.0 Å². The number of hydrogen-bond donors (Lipinski definition) is 1. The summed E-state index contributed by atoms with van der Waals surface area (Å²) in [5.74, 6) is -5.09. The number of carboxylic acid groups (broad SMARTS) is 1. The van der Waals surface area contributed by atoms with Gasteiger partial charge in [-0.1, -0.05) is 13.3 Å². The van der Waals surface area contributed by atoms with Gasteiger partial charge in [-0.05, 0) is 18.6 Å². The lowest BCUT2D eigenvalue weighted by Gasteiger charge is -2.24. The number of benzene rings is 1. The van der Waals surface area contributed by atoms with Gasteiger partial charge in [0.25, 0.3) is 0 Å². The molecule has 0 saturated heterocycles. The lowest BCUT2D eigenvalue weighted by molar-refractivity contribution is -0.136. The van der Waals surface area contributed by atoms with Crippen LogP contribution in [-0.4, -0.2) is 24.2 Å². The Balaban J connectivity index is 2.95. The molecule has 0 aliphatic heterocycles. The Bertz CT molecular complexity index is 452. The van der Waals surface area contributed by atoms with Crippen molar-refractivity contribution in [3.63, 3.8) is 0 Å². The number of hydrogen-bond acceptors (Lipinski definition) is 2. The second kappa shape index (κ2) is 7.01. The summed E-state index contributed by atoms with van der Waals surface area (Å²) in [6.45, 7) is 2.38. The maximum absolute atomic E-state index is 13.7. The molecule has 3 nitrogen and oxygen atoms in total. The van der Waals surface area contributed by atoms with Crippen LogP contribution < -0.4 is 4.90 Å². The Hall–Kier alpha value is -1.72. The first-order chi connectivity index (χ1) is 8.97. The highest BCUT2D eigenvalue weighted by Gasteiger charge is 2.18. The fourth-order valence-corrected chi connectivity index (χ4v) is 1.69. The first kappa shape index (κ1) is 15.3. The molecule has 0 aliphatic rings. The Kier molecular flexibility index (Phi) is 5.66. The fraction of sp³-hybridized carbons (Fsp3) is 0.462. The molecule has 0 fully saturated rings. The summed E-state index contributed by atoms with van der Waals surface area (Å²) < 4.78 is 39.7. The van der Waals surface area contributed by atoms with E-state index in [2.05, 4.69) is 0 Å². The molecule has 19 heavy (non-hydrogen) atoms. The number of anilines is 1. The summed E-state index contributed by atoms with van der Waals surface area (Å²) in [5.41, 5.74) is -0.103. The first-order valence-electron chi connectivity index (χ1n) is 6.07. The minimum Gasteiger partial charge on any atom is -0.481 e. The maximum atomic E-state index is 13.7. The average Bonchev–Trinajstić information content (AvgIpc) is 2.37. The molecule has 0 spiro atoms. The molecule has 1 rings (SSSR count). The molecule has 0 heterocycles. The fourth-order valence-electron chi connectivity index (χ4n) is 1.69. The Morgan fingerprint density at radius 3 is 2.47 bits per heavy atom. The summed E-state index contributed by atoms with van der Waals surface area (Å²) in [6.07, 6.45) is 1.34. The van der Waals surface area contributed by atoms with Crippen molar-refractivity contribution >= 4 is 11.7 Å². The number of rotatable bonds is 7. The van der Waals surface area contributed by atoms with Crippen LogP contribution in [0.15, 0.2) is 12.1 Å². The van der Waals surface area contributed by atoms with Crippen LogP contribution in [0.1, 0.15) is 26.2 Å². The van der Waals surface area contributed by atoms with E-state index < -0.39 is 23.4 Å². The van der Waals surface area contributed by atoms with Crippen LogP contribution in [0.25, 0.3) is 0 Å². The topological polar surface area (TPSA) is 40.5 Å². The zero-order chi connectivity index (χ0) is 14.4. The number of carbonyl (C=O) groups is 1. The Morgan fingerprint density at radius 1 is 1.21 bits per heavy atom. The molecule has 1 aromatic carbocycles. The number of aliphatic carboxylic acids is 1. The minimum absolute atomic E-state index is 0.0529. The molecule has 1 aromatic rings. The minimum atomic E-state index is -1.53. The Morgan fingerprint density at radius 2 is 1.89 bits per heavy atom. The van der Waals surface area contributed by atoms with Gasteiger partial charge in [0.05, 0.1) is 12.1 Å². The highest BCUT2D eigenvalue weighted by Crippen LogP contribution is 2.24. The number of unbranched alkanes of at least 4 members (excludes halogenated alkanes) is 1. The molecule has 6 heteroatoms. The highest BCUT2D eigenvalue weighted by molar-refractivity contribution is 5.67. The van der Waals surface area contributed by atoms with E-state index in [4.69, 9.17) is 5.11 Å². The quantitative estimate of drug-likeness (QED) is 0.777. The molecule has 0 aromatic heterocycles. The van der Waals surface area contributed by atoms with Gasteiger partial charge < -0.3 is 10.0 Å². The van der Waals surface area contributed by atoms with Crippen molar-refractivity contribution in [3.8, 4) is 0 Å². The van der Waals surface area contributed by atoms with Crippen molar-refractivity contribution in [1.82, 2.24) is 0 Å². The molecule has 0 radical (unpaired) electrons. The zero-order valence-corrected chi connectivity index (χ0v) is 10.6. The van der Waals surface area contributed by atoms with Gasteiger partial charge in [0, 0.05) is 13.1 Å². The first-order valence-corrected chi connectivity index (χ1v) is 6.07. The van der Waals surface area contributed by atoms with Crippen LogP contribution in [0.5, 0.6) is 0 Å². The van der Waals surface area contributed by atoms with Gasteiger partial charge in [-0.15, -0.1) is 0 Å². The van der Waals surface area contributed by atoms with E-state index in [1.807, 2.05) is 6.92 Å². The maximum Gasteiger partial charge on any atom is 0.305 e. The molecular formula is C13H16F3NO2. The van der Waals surface area contributed by atoms with E-state index >= 15 is 0 Å². The van der Waals surface area contributed by atoms with Gasteiger partial charge in [0.2, 0.25) is 0 Å². The van der Waals surface area contributed by atoms with Gasteiger partial charge in [0.15, 0.2) is 17.5 Å². The highest BCUT2D eigenvalue weighted by atomic mass is 19.2. The zero-order valence-electron chi connectivity index (χ0n) is 10.6. The van der Waals surface area contributed by atoms with E-state index in [1.54, 1.807) is 0 Å². The molecular weight excluding hydrogens is 259 g/mol. The molecule has 0 unspecified atom stereocenters. The van der Waals surface area contributed by atoms with Crippen LogP contribution >= 0.6 is 0 Å². The number of carboxylic acids is 1. The van der Waals surface area contributed by atoms with E-state index in [1.165, 1.54) is 4.90 Å². The van der Waals surface area contributed by atoms with Crippen molar-refractivity contribution < 1.29 is 23.1 Å². The van der Waals surface area contributed by atoms with Crippen LogP contribution in [-0.2, 0) is 4.79 Å². The van der Waals surface area contributed by atoms with Crippen LogP contribution in [0.4, 0.5) is 18.9 Å². The Labute approximate surface area is 109 Å². The summed E-state index contributed by atoms with van der Waals surface area (Å²) in [7, 11) is 0. The molecule has 0 saturated carbocycles. The van der Waals surface area contributed by atoms with Gasteiger partial charge in [-0.25, -0.2) is 13.2 Å². The van der Waals surface area contributed by atoms with Crippen LogP contribution in [0.2, 0.25) is 0 Å². The van der Waals surface area contributed by atoms with Gasteiger partial charge in [0.1, 0.15) is 0 Å². The third-order valence-corrected chi connectivity index (χ3v) is 2.73. The van der Waals surface area contributed by atoms with E-state index in [-0.39, 0.29) is 18.7 Å². The SMILES string of the molecule is CCCCN(CCC(=O)O)c1ccc(F)c(F)c1F. The van der Waals surface area contributed by atoms with Crippen molar-refractivity contribution in [2.45, 2.75) is 26.2 Å². The predicted octanol–water partition coefficient (Wildman–Crippen LogP) is 3.19. The van der Waals surface area contributed by atoms with Crippen molar-refractivity contribution in [2.24, 2.45) is 0 Å². The van der Waals surface area contributed by atoms with Crippen LogP contribution in [0, 0.1) is 17.5 Å². The molecule has 0 amide bonds. The third-order valence-electron chi connectivity index (χ3n) is 2.73. The van der Waals surface area contributed by atoms with Gasteiger partial charge >= 0.3 is 5.97 Å². The lowest BCUT2D eigenvalue weighted by atomic mass is 10.2. The standard InChI is InChI=1S/C13H16F3NO2/c1-2-3-7-17(8-6-11(18)19)10-5-4-9(14)12(15)13(10)16/h4-5H,2-3,6-8H2,1H3,(H,18,19). The smallest absolute Gasteiger partial charge is 0.305 e. The van der Waals surface area contributed by atoms with Gasteiger partial charge in [-0.2, -0.15) is 0 Å². The molecule has 0 atom stereocenters. The summed E-state index contributed by atoms with van der Waals surface area (Å²) in [6, 6.07) is 1.97. The predicted molar refractivity (Wildman–Crippen MR) is 65.7 cm³/mol. The monoisotopic (exact) mass is 275 g/mol. The van der Waals surface area contributed by atoms with Crippen molar-refractivity contribution in [1.29, 1.82) is 0 Å². The largest absolute Gasteiger partial charge is 0.481 e. The summed E-state index contributed by atoms with van der Waals surface area (Å²) >= 11 is 0. The summed E-state index contributed by atoms with van der Waals surface area (Å²) in [5, 5.41) is 8.65.